The number of rotatable bonds is 6. The van der Waals surface area contributed by atoms with E-state index in [2.05, 4.69) is 26.9 Å². The highest BCUT2D eigenvalue weighted by Gasteiger charge is 2.57. The van der Waals surface area contributed by atoms with Crippen molar-refractivity contribution in [2.45, 2.75) is 31.3 Å². The van der Waals surface area contributed by atoms with Crippen molar-refractivity contribution < 1.29 is 23.9 Å². The number of pyridine rings is 1. The van der Waals surface area contributed by atoms with Crippen LogP contribution in [0.25, 0.3) is 22.4 Å². The topological polar surface area (TPSA) is 136 Å². The van der Waals surface area contributed by atoms with Gasteiger partial charge in [0.05, 0.1) is 29.9 Å². The molecule has 2 aromatic carbocycles. The minimum atomic E-state index is -0.867. The summed E-state index contributed by atoms with van der Waals surface area (Å²) in [6.07, 6.45) is 3.21. The van der Waals surface area contributed by atoms with Crippen LogP contribution in [0, 0.1) is 6.92 Å². The van der Waals surface area contributed by atoms with Crippen LogP contribution in [-0.2, 0) is 16.0 Å². The number of aryl methyl sites for hydroxylation is 1. The molecule has 12 nitrogen and oxygen atoms in total. The van der Waals surface area contributed by atoms with Crippen LogP contribution >= 0.6 is 11.6 Å². The number of carbonyl (C=O) groups excluding carboxylic acids is 4. The fourth-order valence-corrected chi connectivity index (χ4v) is 7.44. The van der Waals surface area contributed by atoms with Crippen molar-refractivity contribution >= 4 is 41.2 Å². The number of likely N-dealkylation sites (tertiary alicyclic amines) is 1. The lowest BCUT2D eigenvalue weighted by atomic mass is 9.87. The summed E-state index contributed by atoms with van der Waals surface area (Å²) in [6.45, 7) is 3.01. The molecule has 1 unspecified atom stereocenters. The molecular weight excluding hydrogens is 622 g/mol. The standard InChI is InChI=1S/C34H34ClN7O5/c1-18-21(7-6-10-24(18)36-29(43)20-14-40(2)33(46)41(3)15-20)22-8-5-9-23(28(22)35)25-13-19-11-12-26(27(19)30(37-25)47-4)42-16-34(17-42)31(44)38-32(45)39-34/h5-10,13-14,26H,11-12,15-17H2,1-4H3,(H,36,43)(H2,38,39,44,45). The maximum absolute atomic E-state index is 13.2. The molecule has 3 N–H and O–H groups in total. The number of hydrogen-bond acceptors (Lipinski definition) is 7. The Balaban J connectivity index is 1.16. The molecule has 1 aromatic heterocycles. The number of benzene rings is 2. The van der Waals surface area contributed by atoms with E-state index in [-0.39, 0.29) is 30.4 Å². The van der Waals surface area contributed by atoms with Gasteiger partial charge in [-0.25, -0.2) is 14.6 Å². The Morgan fingerprint density at radius 3 is 2.51 bits per heavy atom. The first kappa shape index (κ1) is 30.7. The van der Waals surface area contributed by atoms with E-state index in [0.717, 1.165) is 46.2 Å². The second-order valence-electron chi connectivity index (χ2n) is 12.5. The number of likely N-dealkylation sites (N-methyl/N-ethyl adjacent to an activating group) is 1. The van der Waals surface area contributed by atoms with Gasteiger partial charge in [-0.15, -0.1) is 0 Å². The lowest BCUT2D eigenvalue weighted by molar-refractivity contribution is -0.131. The molecule has 13 heteroatoms. The van der Waals surface area contributed by atoms with Crippen LogP contribution in [-0.4, -0.2) is 89.9 Å². The van der Waals surface area contributed by atoms with Gasteiger partial charge in [-0.3, -0.25) is 19.8 Å². The van der Waals surface area contributed by atoms with Gasteiger partial charge in [-0.1, -0.05) is 41.9 Å². The summed E-state index contributed by atoms with van der Waals surface area (Å²) in [4.78, 5) is 59.4. The van der Waals surface area contributed by atoms with Crippen molar-refractivity contribution in [3.63, 3.8) is 0 Å². The molecule has 1 aliphatic carbocycles. The van der Waals surface area contributed by atoms with Crippen LogP contribution in [0.2, 0.25) is 5.02 Å². The van der Waals surface area contributed by atoms with Crippen molar-refractivity contribution in [2.75, 3.05) is 46.2 Å². The molecule has 1 spiro atoms. The predicted octanol–water partition coefficient (Wildman–Crippen LogP) is 4.09. The number of methoxy groups -OCH3 is 1. The molecule has 0 saturated carbocycles. The fourth-order valence-electron chi connectivity index (χ4n) is 7.11. The number of amides is 6. The quantitative estimate of drug-likeness (QED) is 0.341. The smallest absolute Gasteiger partial charge is 0.323 e. The fraction of sp³-hybridized carbons (Fsp3) is 0.324. The molecule has 242 valence electrons. The highest BCUT2D eigenvalue weighted by atomic mass is 35.5. The first-order chi connectivity index (χ1) is 22.5. The van der Waals surface area contributed by atoms with Crippen LogP contribution in [0.4, 0.5) is 15.3 Å². The first-order valence-electron chi connectivity index (χ1n) is 15.3. The van der Waals surface area contributed by atoms with E-state index < -0.39 is 11.6 Å². The van der Waals surface area contributed by atoms with Gasteiger partial charge < -0.3 is 25.2 Å². The maximum Gasteiger partial charge on any atom is 0.323 e. The van der Waals surface area contributed by atoms with E-state index in [1.54, 1.807) is 27.4 Å². The number of hydrogen-bond donors (Lipinski definition) is 3. The summed E-state index contributed by atoms with van der Waals surface area (Å²) in [5.74, 6) is -0.0537. The third-order valence-electron chi connectivity index (χ3n) is 9.55. The van der Waals surface area contributed by atoms with Crippen LogP contribution < -0.4 is 20.7 Å². The molecule has 4 heterocycles. The van der Waals surface area contributed by atoms with E-state index in [0.29, 0.717) is 40.9 Å². The van der Waals surface area contributed by atoms with E-state index in [4.69, 9.17) is 21.3 Å². The first-order valence-corrected chi connectivity index (χ1v) is 15.7. The molecular formula is C34H34ClN7O5. The van der Waals surface area contributed by atoms with Gasteiger partial charge in [0, 0.05) is 61.8 Å². The van der Waals surface area contributed by atoms with Crippen molar-refractivity contribution in [1.29, 1.82) is 0 Å². The van der Waals surface area contributed by atoms with Gasteiger partial charge in [0.15, 0.2) is 0 Å². The molecule has 0 bridgehead atoms. The second-order valence-corrected chi connectivity index (χ2v) is 12.9. The zero-order chi connectivity index (χ0) is 33.2. The van der Waals surface area contributed by atoms with E-state index in [1.165, 1.54) is 9.80 Å². The average Bonchev–Trinajstić information content (AvgIpc) is 3.59. The number of carbonyl (C=O) groups is 4. The minimum absolute atomic E-state index is 0.0190. The summed E-state index contributed by atoms with van der Waals surface area (Å²) in [7, 11) is 4.88. The third-order valence-corrected chi connectivity index (χ3v) is 9.96. The van der Waals surface area contributed by atoms with Gasteiger partial charge in [0.2, 0.25) is 5.88 Å². The SMILES string of the molecule is COc1nc(-c2cccc(-c3cccc(NC(=O)C4=CN(C)C(=O)N(C)C4)c3C)c2Cl)cc2c1C(N1CC3(C1)NC(=O)NC3=O)CC2. The third kappa shape index (κ3) is 5.08. The summed E-state index contributed by atoms with van der Waals surface area (Å²) < 4.78 is 5.82. The molecule has 2 fully saturated rings. The predicted molar refractivity (Wildman–Crippen MR) is 176 cm³/mol. The Bertz CT molecular complexity index is 1900. The van der Waals surface area contributed by atoms with Crippen LogP contribution in [0.5, 0.6) is 5.88 Å². The van der Waals surface area contributed by atoms with Crippen LogP contribution in [0.1, 0.15) is 29.2 Å². The molecule has 2 saturated heterocycles. The molecule has 7 rings (SSSR count). The summed E-state index contributed by atoms with van der Waals surface area (Å²) in [5, 5.41) is 8.65. The Labute approximate surface area is 276 Å². The molecule has 0 radical (unpaired) electrons. The van der Waals surface area contributed by atoms with E-state index >= 15 is 0 Å². The van der Waals surface area contributed by atoms with Crippen molar-refractivity contribution in [2.24, 2.45) is 0 Å². The van der Waals surface area contributed by atoms with Crippen molar-refractivity contribution in [3.8, 4) is 28.3 Å². The van der Waals surface area contributed by atoms with Gasteiger partial charge in [0.25, 0.3) is 11.8 Å². The molecule has 6 amide bonds. The number of fused-ring (bicyclic) bond motifs is 1. The highest BCUT2D eigenvalue weighted by molar-refractivity contribution is 6.36. The second kappa shape index (κ2) is 11.4. The number of halogens is 1. The number of imide groups is 1. The van der Waals surface area contributed by atoms with Crippen LogP contribution in [0.15, 0.2) is 54.2 Å². The molecule has 4 aliphatic rings. The summed E-state index contributed by atoms with van der Waals surface area (Å²) in [5.41, 5.74) is 6.28. The molecule has 47 heavy (non-hydrogen) atoms. The molecule has 3 aromatic rings. The zero-order valence-electron chi connectivity index (χ0n) is 26.4. The Morgan fingerprint density at radius 1 is 1.09 bits per heavy atom. The monoisotopic (exact) mass is 655 g/mol. The van der Waals surface area contributed by atoms with Gasteiger partial charge >= 0.3 is 12.1 Å². The largest absolute Gasteiger partial charge is 0.481 e. The normalized spacial score (nSPS) is 20.1. The molecule has 1 atom stereocenters. The number of ether oxygens (including phenoxy) is 1. The van der Waals surface area contributed by atoms with Crippen molar-refractivity contribution in [1.82, 2.24) is 30.3 Å². The Kier molecular flexibility index (Phi) is 7.44. The van der Waals surface area contributed by atoms with Crippen LogP contribution in [0.3, 0.4) is 0 Å². The number of aromatic nitrogens is 1. The lowest BCUT2D eigenvalue weighted by Crippen LogP contribution is -2.70. The number of nitrogens with one attached hydrogen (secondary N) is 3. The maximum atomic E-state index is 13.2. The number of urea groups is 2. The Hall–Kier alpha value is -4.94. The number of anilines is 1. The number of nitrogens with zero attached hydrogens (tertiary/aromatic N) is 4. The lowest BCUT2D eigenvalue weighted by Gasteiger charge is -2.48. The highest BCUT2D eigenvalue weighted by Crippen LogP contribution is 2.47. The Morgan fingerprint density at radius 2 is 1.81 bits per heavy atom. The summed E-state index contributed by atoms with van der Waals surface area (Å²) in [6, 6.07) is 12.9. The van der Waals surface area contributed by atoms with Gasteiger partial charge in [0.1, 0.15) is 5.54 Å². The van der Waals surface area contributed by atoms with E-state index in [9.17, 15) is 19.2 Å². The average molecular weight is 656 g/mol. The van der Waals surface area contributed by atoms with Gasteiger partial charge in [-0.2, -0.15) is 0 Å². The van der Waals surface area contributed by atoms with Gasteiger partial charge in [-0.05, 0) is 48.6 Å². The summed E-state index contributed by atoms with van der Waals surface area (Å²) >= 11 is 7.13. The molecule has 3 aliphatic heterocycles. The minimum Gasteiger partial charge on any atom is -0.481 e. The van der Waals surface area contributed by atoms with E-state index in [1.807, 2.05) is 43.3 Å². The zero-order valence-corrected chi connectivity index (χ0v) is 27.2. The van der Waals surface area contributed by atoms with Crippen molar-refractivity contribution in [3.05, 3.63) is 76.0 Å².